The maximum Gasteiger partial charge on any atom is 0.324 e. The van der Waals surface area contributed by atoms with E-state index < -0.39 is 31.7 Å². The fraction of sp³-hybridized carbons (Fsp3) is 0.0769. The molecule has 0 unspecified atom stereocenters. The average molecular weight is 327 g/mol. The van der Waals surface area contributed by atoms with Crippen LogP contribution in [0.25, 0.3) is 0 Å². The van der Waals surface area contributed by atoms with E-state index >= 15 is 0 Å². The molecule has 0 aromatic heterocycles. The second-order valence-electron chi connectivity index (χ2n) is 4.09. The summed E-state index contributed by atoms with van der Waals surface area (Å²) < 4.78 is 61.9. The zero-order valence-electron chi connectivity index (χ0n) is 10.7. The molecule has 0 spiro atoms. The minimum atomic E-state index is -4.69. The molecule has 0 aliphatic carbocycles. The summed E-state index contributed by atoms with van der Waals surface area (Å²) in [4.78, 5) is -0.541. The summed E-state index contributed by atoms with van der Waals surface area (Å²) in [6.45, 7) is -0.533. The summed E-state index contributed by atoms with van der Waals surface area (Å²) in [7, 11) is -8.71. The lowest BCUT2D eigenvalue weighted by Crippen LogP contribution is -2.09. The number of hydrogen-bond donors (Lipinski definition) is 0. The third kappa shape index (κ3) is 3.88. The molecular formula is C13H11O6S2. The largest absolute Gasteiger partial charge is 0.324 e. The normalized spacial score (nSPS) is 12.2. The van der Waals surface area contributed by atoms with E-state index in [-0.39, 0.29) is 10.5 Å². The minimum Gasteiger partial charge on any atom is -0.261 e. The summed E-state index contributed by atoms with van der Waals surface area (Å²) in [5.41, 5.74) is -0.00740. The Hall–Kier alpha value is -1.74. The van der Waals surface area contributed by atoms with Gasteiger partial charge in [-0.05, 0) is 18.2 Å². The van der Waals surface area contributed by atoms with Gasteiger partial charge < -0.3 is 0 Å². The highest BCUT2D eigenvalue weighted by Gasteiger charge is 2.20. The molecule has 0 bridgehead atoms. The summed E-state index contributed by atoms with van der Waals surface area (Å²) in [6, 6.07) is 12.7. The van der Waals surface area contributed by atoms with Crippen molar-refractivity contribution in [3.05, 3.63) is 60.2 Å². The highest BCUT2D eigenvalue weighted by molar-refractivity contribution is 7.86. The van der Waals surface area contributed by atoms with Crippen LogP contribution >= 0.6 is 0 Å². The van der Waals surface area contributed by atoms with Crippen LogP contribution < -0.4 is 0 Å². The zero-order chi connectivity index (χ0) is 15.5. The van der Waals surface area contributed by atoms with Crippen LogP contribution in [0.1, 0.15) is 5.56 Å². The van der Waals surface area contributed by atoms with Gasteiger partial charge in [-0.25, -0.2) is 0 Å². The van der Waals surface area contributed by atoms with Crippen LogP contribution in [0.3, 0.4) is 0 Å². The summed E-state index contributed by atoms with van der Waals surface area (Å²) >= 11 is 0. The van der Waals surface area contributed by atoms with E-state index in [1.54, 1.807) is 6.07 Å². The molecule has 0 atom stereocenters. The molecule has 0 aliphatic rings. The molecule has 0 saturated heterocycles. The molecule has 8 heteroatoms. The van der Waals surface area contributed by atoms with Gasteiger partial charge in [0.05, 0.1) is 11.5 Å². The van der Waals surface area contributed by atoms with Gasteiger partial charge in [-0.1, -0.05) is 41.0 Å². The molecule has 2 rings (SSSR count). The standard InChI is InChI=1S/C13H11O6S2/c14-20(15,16)13-9-5-4-6-11(13)10-19-21(17,18)12-7-2-1-3-8-12/h1-9H,10H2. The Morgan fingerprint density at radius 1 is 0.810 bits per heavy atom. The second-order valence-corrected chi connectivity index (χ2v) is 7.05. The fourth-order valence-electron chi connectivity index (χ4n) is 1.66. The Bertz CT molecular complexity index is 826. The molecular weight excluding hydrogens is 316 g/mol. The van der Waals surface area contributed by atoms with Crippen LogP contribution in [-0.2, 0) is 35.6 Å². The number of hydrogen-bond acceptors (Lipinski definition) is 5. The van der Waals surface area contributed by atoms with Gasteiger partial charge in [0.15, 0.2) is 0 Å². The monoisotopic (exact) mass is 327 g/mol. The first-order valence-electron chi connectivity index (χ1n) is 5.79. The van der Waals surface area contributed by atoms with Crippen LogP contribution in [-0.4, -0.2) is 16.8 Å². The predicted octanol–water partition coefficient (Wildman–Crippen LogP) is 1.71. The van der Waals surface area contributed by atoms with Crippen molar-refractivity contribution < 1.29 is 25.6 Å². The van der Waals surface area contributed by atoms with Crippen molar-refractivity contribution in [3.8, 4) is 0 Å². The van der Waals surface area contributed by atoms with Crippen molar-refractivity contribution >= 4 is 20.2 Å². The van der Waals surface area contributed by atoms with Crippen molar-refractivity contribution in [3.63, 3.8) is 0 Å². The van der Waals surface area contributed by atoms with Crippen molar-refractivity contribution in [1.29, 1.82) is 0 Å². The second kappa shape index (κ2) is 5.94. The van der Waals surface area contributed by atoms with E-state index in [9.17, 15) is 21.4 Å². The van der Waals surface area contributed by atoms with Crippen LogP contribution in [0.2, 0.25) is 0 Å². The van der Waals surface area contributed by atoms with Gasteiger partial charge in [0.1, 0.15) is 4.90 Å². The molecule has 0 N–H and O–H groups in total. The zero-order valence-corrected chi connectivity index (χ0v) is 12.3. The molecule has 1 radical (unpaired) electrons. The van der Waals surface area contributed by atoms with Gasteiger partial charge in [0.2, 0.25) is 0 Å². The molecule has 0 aliphatic heterocycles. The molecule has 0 amide bonds. The molecule has 0 fully saturated rings. The van der Waals surface area contributed by atoms with Gasteiger partial charge >= 0.3 is 10.1 Å². The highest BCUT2D eigenvalue weighted by Crippen LogP contribution is 2.19. The number of benzene rings is 2. The fourth-order valence-corrected chi connectivity index (χ4v) is 3.27. The third-order valence-electron chi connectivity index (χ3n) is 2.64. The van der Waals surface area contributed by atoms with Gasteiger partial charge in [-0.15, -0.1) is 0 Å². The molecule has 2 aromatic rings. The minimum absolute atomic E-state index is 0.00740. The van der Waals surface area contributed by atoms with Gasteiger partial charge in [-0.3, -0.25) is 4.18 Å². The molecule has 6 nitrogen and oxygen atoms in total. The van der Waals surface area contributed by atoms with Crippen LogP contribution in [0.4, 0.5) is 0 Å². The van der Waals surface area contributed by atoms with Crippen molar-refractivity contribution in [2.24, 2.45) is 0 Å². The topological polar surface area (TPSA) is 97.4 Å². The smallest absolute Gasteiger partial charge is 0.261 e. The number of rotatable bonds is 5. The van der Waals surface area contributed by atoms with Gasteiger partial charge in [-0.2, -0.15) is 16.8 Å². The Balaban J connectivity index is 2.26. The summed E-state index contributed by atoms with van der Waals surface area (Å²) in [5, 5.41) is 0. The Morgan fingerprint density at radius 3 is 2.00 bits per heavy atom. The van der Waals surface area contributed by atoms with E-state index in [0.717, 1.165) is 6.07 Å². The maximum atomic E-state index is 11.9. The lowest BCUT2D eigenvalue weighted by Gasteiger charge is -2.08. The molecule has 111 valence electrons. The van der Waals surface area contributed by atoms with Crippen molar-refractivity contribution in [2.75, 3.05) is 0 Å². The summed E-state index contributed by atoms with van der Waals surface area (Å²) in [5.74, 6) is 0. The first kappa shape index (κ1) is 15.6. The van der Waals surface area contributed by atoms with E-state index in [1.807, 2.05) is 0 Å². The lowest BCUT2D eigenvalue weighted by molar-refractivity contribution is 0.303. The maximum absolute atomic E-state index is 11.9. The van der Waals surface area contributed by atoms with Gasteiger partial charge in [0.25, 0.3) is 10.1 Å². The highest BCUT2D eigenvalue weighted by atomic mass is 32.2. The first-order valence-corrected chi connectivity index (χ1v) is 8.61. The van der Waals surface area contributed by atoms with E-state index in [0.29, 0.717) is 0 Å². The first-order chi connectivity index (χ1) is 9.81. The molecule has 2 aromatic carbocycles. The Labute approximate surface area is 122 Å². The van der Waals surface area contributed by atoms with Crippen LogP contribution in [0, 0.1) is 0 Å². The van der Waals surface area contributed by atoms with Gasteiger partial charge in [0, 0.05) is 5.56 Å². The van der Waals surface area contributed by atoms with E-state index in [1.165, 1.54) is 42.5 Å². The van der Waals surface area contributed by atoms with Crippen LogP contribution in [0.15, 0.2) is 64.4 Å². The van der Waals surface area contributed by atoms with Crippen LogP contribution in [0.5, 0.6) is 0 Å². The quantitative estimate of drug-likeness (QED) is 0.779. The summed E-state index contributed by atoms with van der Waals surface area (Å²) in [6.07, 6.45) is 0. The Morgan fingerprint density at radius 2 is 1.38 bits per heavy atom. The Kier molecular flexibility index (Phi) is 4.43. The van der Waals surface area contributed by atoms with Crippen molar-refractivity contribution in [2.45, 2.75) is 16.4 Å². The van der Waals surface area contributed by atoms with Crippen molar-refractivity contribution in [1.82, 2.24) is 0 Å². The average Bonchev–Trinajstić information content (AvgIpc) is 2.45. The SMILES string of the molecule is [O]S(=O)(=O)c1ccccc1COS(=O)(=O)c1ccccc1. The third-order valence-corrected chi connectivity index (χ3v) is 4.86. The molecule has 0 saturated carbocycles. The van der Waals surface area contributed by atoms with E-state index in [4.69, 9.17) is 4.18 Å². The molecule has 0 heterocycles. The lowest BCUT2D eigenvalue weighted by atomic mass is 10.2. The predicted molar refractivity (Wildman–Crippen MR) is 72.7 cm³/mol. The molecule has 21 heavy (non-hydrogen) atoms. The van der Waals surface area contributed by atoms with E-state index in [2.05, 4.69) is 0 Å².